The van der Waals surface area contributed by atoms with Crippen LogP contribution in [0.15, 0.2) is 0 Å². The third kappa shape index (κ3) is 2.10. The van der Waals surface area contributed by atoms with Gasteiger partial charge in [0.15, 0.2) is 0 Å². The maximum absolute atomic E-state index is 12.4. The molecular weight excluding hydrogens is 193 g/mol. The van der Waals surface area contributed by atoms with Crippen LogP contribution in [0.5, 0.6) is 0 Å². The second-order valence-corrected chi connectivity index (χ2v) is 3.59. The van der Waals surface area contributed by atoms with E-state index in [0.29, 0.717) is 6.42 Å². The van der Waals surface area contributed by atoms with E-state index in [1.165, 1.54) is 0 Å². The highest BCUT2D eigenvalue weighted by molar-refractivity contribution is 4.98. The lowest BCUT2D eigenvalue weighted by Crippen LogP contribution is -2.54. The molecule has 1 nitrogen and oxygen atoms in total. The number of hydrogen-bond acceptors (Lipinski definition) is 1. The van der Waals surface area contributed by atoms with Crippen LogP contribution in [0.2, 0.25) is 0 Å². The Bertz CT molecular complexity index is 194. The van der Waals surface area contributed by atoms with Crippen molar-refractivity contribution < 1.29 is 22.0 Å². The minimum absolute atomic E-state index is 0.249. The van der Waals surface area contributed by atoms with Gasteiger partial charge in [-0.3, -0.25) is 0 Å². The number of rotatable bonds is 2. The Morgan fingerprint density at radius 2 is 1.54 bits per heavy atom. The van der Waals surface area contributed by atoms with E-state index in [4.69, 9.17) is 5.73 Å². The topological polar surface area (TPSA) is 26.0 Å². The van der Waals surface area contributed by atoms with Crippen LogP contribution in [0.25, 0.3) is 0 Å². The Morgan fingerprint density at radius 3 is 1.77 bits per heavy atom. The van der Waals surface area contributed by atoms with Crippen molar-refractivity contribution in [3.05, 3.63) is 0 Å². The van der Waals surface area contributed by atoms with E-state index in [9.17, 15) is 22.0 Å². The minimum Gasteiger partial charge on any atom is -0.325 e. The fourth-order valence-electron chi connectivity index (χ4n) is 1.35. The van der Waals surface area contributed by atoms with E-state index in [1.807, 2.05) is 0 Å². The molecule has 0 saturated heterocycles. The highest BCUT2D eigenvalue weighted by atomic mass is 19.4. The standard InChI is InChI=1S/C7H10F5N/c8-6(9,7(10,11)12)4-5(13)2-1-3-5/h1-4,13H2. The van der Waals surface area contributed by atoms with Gasteiger partial charge in [-0.2, -0.15) is 22.0 Å². The van der Waals surface area contributed by atoms with Crippen LogP contribution in [0, 0.1) is 0 Å². The first-order chi connectivity index (χ1) is 5.66. The molecule has 1 aliphatic rings. The maximum Gasteiger partial charge on any atom is 0.453 e. The summed E-state index contributed by atoms with van der Waals surface area (Å²) < 4.78 is 60.0. The van der Waals surface area contributed by atoms with Gasteiger partial charge in [0.25, 0.3) is 0 Å². The normalized spacial score (nSPS) is 22.6. The average Bonchev–Trinajstić information content (AvgIpc) is 1.80. The van der Waals surface area contributed by atoms with Gasteiger partial charge in [-0.1, -0.05) is 0 Å². The summed E-state index contributed by atoms with van der Waals surface area (Å²) >= 11 is 0. The fraction of sp³-hybridized carbons (Fsp3) is 1.00. The van der Waals surface area contributed by atoms with E-state index in [0.717, 1.165) is 0 Å². The number of alkyl halides is 5. The Labute approximate surface area is 72.1 Å². The second-order valence-electron chi connectivity index (χ2n) is 3.59. The monoisotopic (exact) mass is 203 g/mol. The molecule has 1 aliphatic carbocycles. The van der Waals surface area contributed by atoms with E-state index in [2.05, 4.69) is 0 Å². The molecule has 0 spiro atoms. The van der Waals surface area contributed by atoms with Gasteiger partial charge in [-0.05, 0) is 19.3 Å². The van der Waals surface area contributed by atoms with E-state index >= 15 is 0 Å². The van der Waals surface area contributed by atoms with Crippen molar-refractivity contribution >= 4 is 0 Å². The van der Waals surface area contributed by atoms with Crippen molar-refractivity contribution in [2.75, 3.05) is 0 Å². The second kappa shape index (κ2) is 2.80. The Balaban J connectivity index is 2.61. The molecule has 1 fully saturated rings. The van der Waals surface area contributed by atoms with Gasteiger partial charge >= 0.3 is 12.1 Å². The molecule has 0 radical (unpaired) electrons. The van der Waals surface area contributed by atoms with Crippen LogP contribution >= 0.6 is 0 Å². The first kappa shape index (κ1) is 10.7. The lowest BCUT2D eigenvalue weighted by molar-refractivity contribution is -0.290. The molecule has 1 rings (SSSR count). The van der Waals surface area contributed by atoms with Crippen LogP contribution in [-0.4, -0.2) is 17.6 Å². The van der Waals surface area contributed by atoms with Gasteiger partial charge < -0.3 is 5.73 Å². The molecule has 0 bridgehead atoms. The van der Waals surface area contributed by atoms with Crippen molar-refractivity contribution in [2.24, 2.45) is 5.73 Å². The SMILES string of the molecule is NC1(CC(F)(F)C(F)(F)F)CCC1. The Hall–Kier alpha value is -0.390. The van der Waals surface area contributed by atoms with Gasteiger partial charge in [0.05, 0.1) is 0 Å². The molecule has 0 heterocycles. The Morgan fingerprint density at radius 1 is 1.08 bits per heavy atom. The molecule has 78 valence electrons. The van der Waals surface area contributed by atoms with Gasteiger partial charge in [-0.25, -0.2) is 0 Å². The summed E-state index contributed by atoms with van der Waals surface area (Å²) in [6.07, 6.45) is -5.64. The van der Waals surface area contributed by atoms with Crippen LogP contribution in [0.3, 0.4) is 0 Å². The summed E-state index contributed by atoms with van der Waals surface area (Å²) in [4.78, 5) is 0. The summed E-state index contributed by atoms with van der Waals surface area (Å²) in [5.41, 5.74) is 4.00. The molecule has 0 atom stereocenters. The smallest absolute Gasteiger partial charge is 0.325 e. The molecule has 0 aromatic heterocycles. The van der Waals surface area contributed by atoms with Crippen molar-refractivity contribution in [3.63, 3.8) is 0 Å². The summed E-state index contributed by atoms with van der Waals surface area (Å²) in [5, 5.41) is 0. The molecule has 0 unspecified atom stereocenters. The van der Waals surface area contributed by atoms with Gasteiger partial charge in [0.2, 0.25) is 0 Å². The average molecular weight is 203 g/mol. The third-order valence-corrected chi connectivity index (χ3v) is 2.34. The largest absolute Gasteiger partial charge is 0.453 e. The number of hydrogen-bond donors (Lipinski definition) is 1. The summed E-state index contributed by atoms with van der Waals surface area (Å²) in [7, 11) is 0. The molecule has 0 aliphatic heterocycles. The molecule has 2 N–H and O–H groups in total. The Kier molecular flexibility index (Phi) is 2.30. The minimum atomic E-state index is -5.48. The zero-order chi connectivity index (χ0) is 10.3. The molecule has 6 heteroatoms. The maximum atomic E-state index is 12.4. The lowest BCUT2D eigenvalue weighted by Gasteiger charge is -2.40. The lowest BCUT2D eigenvalue weighted by atomic mass is 9.74. The molecule has 13 heavy (non-hydrogen) atoms. The zero-order valence-corrected chi connectivity index (χ0v) is 6.80. The first-order valence-corrected chi connectivity index (χ1v) is 3.90. The molecular formula is C7H10F5N. The molecule has 0 aromatic carbocycles. The van der Waals surface area contributed by atoms with E-state index < -0.39 is 24.1 Å². The van der Waals surface area contributed by atoms with Crippen LogP contribution in [0.1, 0.15) is 25.7 Å². The summed E-state index contributed by atoms with van der Waals surface area (Å²) in [5.74, 6) is -4.65. The van der Waals surface area contributed by atoms with Crippen molar-refractivity contribution in [3.8, 4) is 0 Å². The fourth-order valence-corrected chi connectivity index (χ4v) is 1.35. The van der Waals surface area contributed by atoms with Crippen molar-refractivity contribution in [1.29, 1.82) is 0 Å². The zero-order valence-electron chi connectivity index (χ0n) is 6.80. The summed E-state index contributed by atoms with van der Waals surface area (Å²) in [6, 6.07) is 0. The highest BCUT2D eigenvalue weighted by Crippen LogP contribution is 2.45. The highest BCUT2D eigenvalue weighted by Gasteiger charge is 2.60. The van der Waals surface area contributed by atoms with Gasteiger partial charge in [-0.15, -0.1) is 0 Å². The van der Waals surface area contributed by atoms with Crippen LogP contribution in [-0.2, 0) is 0 Å². The van der Waals surface area contributed by atoms with Gasteiger partial charge in [0, 0.05) is 12.0 Å². The first-order valence-electron chi connectivity index (χ1n) is 3.90. The van der Waals surface area contributed by atoms with Crippen molar-refractivity contribution in [2.45, 2.75) is 43.3 Å². The molecule has 0 aromatic rings. The van der Waals surface area contributed by atoms with Gasteiger partial charge in [0.1, 0.15) is 0 Å². The molecule has 0 amide bonds. The third-order valence-electron chi connectivity index (χ3n) is 2.34. The molecule has 1 saturated carbocycles. The number of halogens is 5. The van der Waals surface area contributed by atoms with E-state index in [-0.39, 0.29) is 12.8 Å². The number of nitrogens with two attached hydrogens (primary N) is 1. The van der Waals surface area contributed by atoms with E-state index in [1.54, 1.807) is 0 Å². The summed E-state index contributed by atoms with van der Waals surface area (Å²) in [6.45, 7) is 0. The van der Waals surface area contributed by atoms with Crippen molar-refractivity contribution in [1.82, 2.24) is 0 Å². The predicted octanol–water partition coefficient (Wildman–Crippen LogP) is 2.46. The van der Waals surface area contributed by atoms with Crippen LogP contribution in [0.4, 0.5) is 22.0 Å². The van der Waals surface area contributed by atoms with Crippen LogP contribution < -0.4 is 5.73 Å². The quantitative estimate of drug-likeness (QED) is 0.685. The predicted molar refractivity (Wildman–Crippen MR) is 36.4 cm³/mol.